The first-order chi connectivity index (χ1) is 11.0. The number of likely N-dealkylation sites (N-methyl/N-ethyl adjacent to an activating group) is 2. The zero-order chi connectivity index (χ0) is 16.6. The second-order valence-corrected chi connectivity index (χ2v) is 6.23. The molecule has 23 heavy (non-hydrogen) atoms. The third-order valence-corrected chi connectivity index (χ3v) is 4.64. The van der Waals surface area contributed by atoms with Crippen molar-refractivity contribution in [2.45, 2.75) is 31.7 Å². The lowest BCUT2D eigenvalue weighted by atomic mass is 10.1. The molecule has 0 aromatic carbocycles. The number of amidine groups is 1. The smallest absolute Gasteiger partial charge is 0.334 e. The molecule has 0 saturated carbocycles. The Hall–Kier alpha value is -2.25. The summed E-state index contributed by atoms with van der Waals surface area (Å²) in [4.78, 5) is 45.8. The summed E-state index contributed by atoms with van der Waals surface area (Å²) in [6.07, 6.45) is 5.73. The number of rotatable bonds is 2. The highest BCUT2D eigenvalue weighted by Gasteiger charge is 2.51. The molecule has 0 N–H and O–H groups in total. The number of carbonyl (C=O) groups is 3. The van der Waals surface area contributed by atoms with Crippen LogP contribution in [0.4, 0.5) is 4.79 Å². The number of carbonyl (C=O) groups excluding carboxylic acids is 3. The van der Waals surface area contributed by atoms with E-state index in [0.717, 1.165) is 30.6 Å². The van der Waals surface area contributed by atoms with Crippen LogP contribution in [0.5, 0.6) is 0 Å². The van der Waals surface area contributed by atoms with E-state index in [0.29, 0.717) is 18.9 Å². The van der Waals surface area contributed by atoms with Gasteiger partial charge in [-0.15, -0.1) is 0 Å². The SMILES string of the molecule is CN1C(=O)N(CC(=O)N2CCCCCC2)C(=O)C2C1=NC=[N+]2C. The molecule has 124 valence electrons. The molecule has 3 heterocycles. The van der Waals surface area contributed by atoms with Crippen molar-refractivity contribution in [1.29, 1.82) is 0 Å². The van der Waals surface area contributed by atoms with E-state index in [2.05, 4.69) is 4.99 Å². The van der Waals surface area contributed by atoms with Crippen LogP contribution >= 0.6 is 0 Å². The fourth-order valence-electron chi connectivity index (χ4n) is 3.25. The topological polar surface area (TPSA) is 76.3 Å². The molecule has 8 nitrogen and oxygen atoms in total. The van der Waals surface area contributed by atoms with Gasteiger partial charge in [0.2, 0.25) is 5.91 Å². The van der Waals surface area contributed by atoms with E-state index in [1.165, 1.54) is 11.2 Å². The number of nitrogens with zero attached hydrogens (tertiary/aromatic N) is 5. The number of aliphatic imine (C=N–C) groups is 1. The Bertz CT molecular complexity index is 604. The summed E-state index contributed by atoms with van der Waals surface area (Å²) >= 11 is 0. The van der Waals surface area contributed by atoms with E-state index in [1.807, 2.05) is 0 Å². The van der Waals surface area contributed by atoms with Crippen molar-refractivity contribution < 1.29 is 19.0 Å². The number of likely N-dealkylation sites (tertiary alicyclic amines) is 1. The minimum absolute atomic E-state index is 0.160. The van der Waals surface area contributed by atoms with Gasteiger partial charge in [-0.3, -0.25) is 19.4 Å². The molecule has 2 saturated heterocycles. The lowest BCUT2D eigenvalue weighted by Gasteiger charge is -2.33. The predicted molar refractivity (Wildman–Crippen MR) is 83.4 cm³/mol. The molecule has 3 aliphatic heterocycles. The fraction of sp³-hybridized carbons (Fsp3) is 0.667. The maximum absolute atomic E-state index is 12.6. The minimum atomic E-state index is -0.616. The van der Waals surface area contributed by atoms with Crippen LogP contribution in [0.3, 0.4) is 0 Å². The molecule has 0 aromatic rings. The minimum Gasteiger partial charge on any atom is -0.341 e. The highest BCUT2D eigenvalue weighted by Crippen LogP contribution is 2.18. The van der Waals surface area contributed by atoms with Crippen LogP contribution in [0.15, 0.2) is 4.99 Å². The Morgan fingerprint density at radius 3 is 2.57 bits per heavy atom. The number of imide groups is 1. The van der Waals surface area contributed by atoms with Crippen molar-refractivity contribution in [2.24, 2.45) is 4.99 Å². The van der Waals surface area contributed by atoms with Gasteiger partial charge in [0.05, 0.1) is 7.05 Å². The van der Waals surface area contributed by atoms with Gasteiger partial charge in [-0.25, -0.2) is 9.37 Å². The zero-order valence-corrected chi connectivity index (χ0v) is 13.6. The van der Waals surface area contributed by atoms with Gasteiger partial charge in [0, 0.05) is 20.1 Å². The summed E-state index contributed by atoms with van der Waals surface area (Å²) in [5.74, 6) is -0.126. The Morgan fingerprint density at radius 2 is 1.91 bits per heavy atom. The molecule has 0 bridgehead atoms. The van der Waals surface area contributed by atoms with E-state index >= 15 is 0 Å². The van der Waals surface area contributed by atoms with Gasteiger partial charge < -0.3 is 4.90 Å². The third-order valence-electron chi connectivity index (χ3n) is 4.64. The van der Waals surface area contributed by atoms with Crippen molar-refractivity contribution in [2.75, 3.05) is 33.7 Å². The first-order valence-corrected chi connectivity index (χ1v) is 8.00. The molecule has 8 heteroatoms. The number of hydrogen-bond acceptors (Lipinski definition) is 4. The monoisotopic (exact) mass is 320 g/mol. The maximum atomic E-state index is 12.6. The molecule has 0 aliphatic carbocycles. The van der Waals surface area contributed by atoms with Gasteiger partial charge in [-0.05, 0) is 17.8 Å². The first kappa shape index (κ1) is 15.6. The van der Waals surface area contributed by atoms with Crippen molar-refractivity contribution in [3.63, 3.8) is 0 Å². The number of fused-ring (bicyclic) bond motifs is 1. The van der Waals surface area contributed by atoms with Gasteiger partial charge in [0.15, 0.2) is 0 Å². The van der Waals surface area contributed by atoms with Gasteiger partial charge in [0.25, 0.3) is 24.1 Å². The van der Waals surface area contributed by atoms with E-state index < -0.39 is 12.1 Å². The second-order valence-electron chi connectivity index (χ2n) is 6.23. The van der Waals surface area contributed by atoms with E-state index in [1.54, 1.807) is 23.6 Å². The quantitative estimate of drug-likeness (QED) is 0.658. The van der Waals surface area contributed by atoms with Crippen LogP contribution in [0.2, 0.25) is 0 Å². The fourth-order valence-corrected chi connectivity index (χ4v) is 3.25. The van der Waals surface area contributed by atoms with Crippen LogP contribution in [-0.2, 0) is 9.59 Å². The van der Waals surface area contributed by atoms with Gasteiger partial charge in [-0.1, -0.05) is 12.8 Å². The van der Waals surface area contributed by atoms with Crippen LogP contribution in [0, 0.1) is 0 Å². The van der Waals surface area contributed by atoms with Crippen LogP contribution in [-0.4, -0.2) is 89.1 Å². The Kier molecular flexibility index (Phi) is 4.14. The summed E-state index contributed by atoms with van der Waals surface area (Å²) in [6.45, 7) is 1.21. The van der Waals surface area contributed by atoms with Gasteiger partial charge in [0.1, 0.15) is 6.54 Å². The molecular formula is C15H22N5O3+. The molecule has 3 aliphatic rings. The highest BCUT2D eigenvalue weighted by molar-refractivity contribution is 6.22. The van der Waals surface area contributed by atoms with E-state index in [9.17, 15) is 14.4 Å². The predicted octanol–water partition coefficient (Wildman–Crippen LogP) is -0.266. The van der Waals surface area contributed by atoms with Crippen molar-refractivity contribution in [3.8, 4) is 0 Å². The van der Waals surface area contributed by atoms with E-state index in [4.69, 9.17) is 0 Å². The zero-order valence-electron chi connectivity index (χ0n) is 13.6. The Morgan fingerprint density at radius 1 is 1.26 bits per heavy atom. The van der Waals surface area contributed by atoms with Gasteiger partial charge >= 0.3 is 6.03 Å². The largest absolute Gasteiger partial charge is 0.341 e. The van der Waals surface area contributed by atoms with Crippen LogP contribution in [0.1, 0.15) is 25.7 Å². The lowest BCUT2D eigenvalue weighted by molar-refractivity contribution is -0.500. The third kappa shape index (κ3) is 2.73. The van der Waals surface area contributed by atoms with Crippen molar-refractivity contribution >= 4 is 30.0 Å². The molecule has 0 spiro atoms. The standard InChI is InChI=1S/C15H22N5O3/c1-17-10-16-13-12(17)14(22)20(15(23)18(13)2)9-11(21)19-7-5-3-4-6-8-19/h10,12H,3-9H2,1-2H3/q+1. The molecule has 1 unspecified atom stereocenters. The second kappa shape index (κ2) is 6.10. The molecule has 2 fully saturated rings. The Balaban J connectivity index is 1.75. The van der Waals surface area contributed by atoms with Crippen LogP contribution in [0.25, 0.3) is 0 Å². The van der Waals surface area contributed by atoms with Gasteiger partial charge in [-0.2, -0.15) is 0 Å². The summed E-state index contributed by atoms with van der Waals surface area (Å²) in [7, 11) is 3.31. The first-order valence-electron chi connectivity index (χ1n) is 8.00. The maximum Gasteiger partial charge on any atom is 0.334 e. The molecule has 1 atom stereocenters. The summed E-state index contributed by atoms with van der Waals surface area (Å²) in [5, 5.41) is 0. The molecule has 4 amide bonds. The number of urea groups is 1. The normalized spacial score (nSPS) is 25.1. The average Bonchev–Trinajstić information content (AvgIpc) is 2.76. The average molecular weight is 320 g/mol. The molecule has 3 rings (SSSR count). The molecular weight excluding hydrogens is 298 g/mol. The highest BCUT2D eigenvalue weighted by atomic mass is 16.2. The summed E-state index contributed by atoms with van der Waals surface area (Å²) < 4.78 is 1.66. The lowest BCUT2D eigenvalue weighted by Crippen LogP contribution is -2.63. The van der Waals surface area contributed by atoms with E-state index in [-0.39, 0.29) is 18.4 Å². The Labute approximate surface area is 135 Å². The summed E-state index contributed by atoms with van der Waals surface area (Å²) in [5.41, 5.74) is 0. The van der Waals surface area contributed by atoms with Crippen molar-refractivity contribution in [1.82, 2.24) is 14.7 Å². The van der Waals surface area contributed by atoms with Crippen LogP contribution < -0.4 is 0 Å². The number of hydrogen-bond donors (Lipinski definition) is 0. The molecule has 0 radical (unpaired) electrons. The summed E-state index contributed by atoms with van der Waals surface area (Å²) in [6, 6.07) is -1.11. The number of amides is 4. The molecule has 0 aromatic heterocycles. The van der Waals surface area contributed by atoms with Crippen molar-refractivity contribution in [3.05, 3.63) is 0 Å².